The van der Waals surface area contributed by atoms with Crippen molar-refractivity contribution in [2.45, 2.75) is 56.5 Å². The van der Waals surface area contributed by atoms with Gasteiger partial charge in [0, 0.05) is 5.92 Å². The van der Waals surface area contributed by atoms with Gasteiger partial charge in [-0.3, -0.25) is 4.79 Å². The maximum absolute atomic E-state index is 10.8. The monoisotopic (exact) mass is 393 g/mol. The maximum atomic E-state index is 10.8. The Kier molecular flexibility index (Phi) is 6.02. The fourth-order valence-corrected chi connectivity index (χ4v) is 4.94. The first-order valence-corrected chi connectivity index (χ1v) is 10.8. The van der Waals surface area contributed by atoms with Gasteiger partial charge in [0.05, 0.1) is 18.1 Å². The lowest BCUT2D eigenvalue weighted by Gasteiger charge is -2.33. The fourth-order valence-electron chi connectivity index (χ4n) is 4.94. The molecular formula is C25H31NO3. The third-order valence-corrected chi connectivity index (χ3v) is 6.70. The van der Waals surface area contributed by atoms with Gasteiger partial charge in [-0.15, -0.1) is 0 Å². The molecule has 2 saturated heterocycles. The predicted octanol–water partition coefficient (Wildman–Crippen LogP) is 4.42. The van der Waals surface area contributed by atoms with Crippen LogP contribution in [0, 0.1) is 6.92 Å². The SMILES string of the molecule is Cc1ccc(C2COC3(CCNCC3)C2)cc1.O=C(O)C1CCc2ccccc21. The lowest BCUT2D eigenvalue weighted by molar-refractivity contribution is -0.138. The van der Waals surface area contributed by atoms with Crippen molar-refractivity contribution in [1.29, 1.82) is 0 Å². The Morgan fingerprint density at radius 2 is 1.83 bits per heavy atom. The van der Waals surface area contributed by atoms with Gasteiger partial charge in [-0.05, 0) is 68.8 Å². The van der Waals surface area contributed by atoms with Gasteiger partial charge < -0.3 is 15.2 Å². The zero-order valence-electron chi connectivity index (χ0n) is 17.2. The lowest BCUT2D eigenvalue weighted by atomic mass is 9.83. The number of carbonyl (C=O) groups is 1. The molecule has 2 aliphatic heterocycles. The summed E-state index contributed by atoms with van der Waals surface area (Å²) in [5.41, 5.74) is 5.17. The van der Waals surface area contributed by atoms with E-state index in [4.69, 9.17) is 9.84 Å². The molecule has 0 bridgehead atoms. The number of nitrogens with one attached hydrogen (secondary N) is 1. The molecule has 1 aliphatic carbocycles. The summed E-state index contributed by atoms with van der Waals surface area (Å²) in [6.45, 7) is 5.27. The summed E-state index contributed by atoms with van der Waals surface area (Å²) in [6, 6.07) is 16.8. The average molecular weight is 394 g/mol. The van der Waals surface area contributed by atoms with E-state index in [0.717, 1.165) is 38.1 Å². The molecule has 2 fully saturated rings. The number of ether oxygens (including phenoxy) is 1. The molecule has 0 saturated carbocycles. The fraction of sp³-hybridized carbons (Fsp3) is 0.480. The van der Waals surface area contributed by atoms with Crippen LogP contribution in [0.15, 0.2) is 48.5 Å². The summed E-state index contributed by atoms with van der Waals surface area (Å²) in [6.07, 6.45) is 5.23. The molecule has 2 aromatic carbocycles. The Hall–Kier alpha value is -2.17. The second kappa shape index (κ2) is 8.68. The molecule has 4 nitrogen and oxygen atoms in total. The highest BCUT2D eigenvalue weighted by Crippen LogP contribution is 2.41. The quantitative estimate of drug-likeness (QED) is 0.793. The van der Waals surface area contributed by atoms with Crippen LogP contribution in [0.1, 0.15) is 59.8 Å². The van der Waals surface area contributed by atoms with E-state index in [0.29, 0.717) is 5.92 Å². The zero-order chi connectivity index (χ0) is 20.3. The number of fused-ring (bicyclic) bond motifs is 1. The molecule has 29 heavy (non-hydrogen) atoms. The number of aryl methyl sites for hydroxylation is 2. The summed E-state index contributed by atoms with van der Waals surface area (Å²) >= 11 is 0. The number of carboxylic acid groups (broad SMARTS) is 1. The second-order valence-corrected chi connectivity index (χ2v) is 8.68. The maximum Gasteiger partial charge on any atom is 0.310 e. The van der Waals surface area contributed by atoms with Gasteiger partial charge in [0.1, 0.15) is 0 Å². The summed E-state index contributed by atoms with van der Waals surface area (Å²) in [5.74, 6) is -0.352. The topological polar surface area (TPSA) is 58.6 Å². The number of piperidine rings is 1. The van der Waals surface area contributed by atoms with Crippen LogP contribution in [0.5, 0.6) is 0 Å². The number of aliphatic carboxylic acids is 1. The molecule has 154 valence electrons. The van der Waals surface area contributed by atoms with Gasteiger partial charge in [0.2, 0.25) is 0 Å². The molecule has 4 heteroatoms. The van der Waals surface area contributed by atoms with Crippen LogP contribution in [-0.4, -0.2) is 36.4 Å². The summed E-state index contributed by atoms with van der Waals surface area (Å²) in [5, 5.41) is 12.3. The van der Waals surface area contributed by atoms with E-state index < -0.39 is 5.97 Å². The minimum absolute atomic E-state index is 0.181. The first kappa shape index (κ1) is 20.1. The normalized spacial score (nSPS) is 24.6. The van der Waals surface area contributed by atoms with Crippen molar-refractivity contribution >= 4 is 5.97 Å². The average Bonchev–Trinajstić information content (AvgIpc) is 3.34. The number of carboxylic acids is 1. The van der Waals surface area contributed by atoms with E-state index in [2.05, 4.69) is 36.5 Å². The van der Waals surface area contributed by atoms with Gasteiger partial charge in [-0.1, -0.05) is 54.1 Å². The van der Waals surface area contributed by atoms with Gasteiger partial charge >= 0.3 is 5.97 Å². The lowest BCUT2D eigenvalue weighted by Crippen LogP contribution is -2.41. The first-order chi connectivity index (χ1) is 14.1. The first-order valence-electron chi connectivity index (χ1n) is 10.8. The van der Waals surface area contributed by atoms with Crippen LogP contribution in [0.2, 0.25) is 0 Å². The molecule has 2 heterocycles. The Labute approximate surface area is 173 Å². The third kappa shape index (κ3) is 4.54. The molecule has 2 N–H and O–H groups in total. The minimum atomic E-state index is -0.694. The van der Waals surface area contributed by atoms with Crippen molar-refractivity contribution in [3.8, 4) is 0 Å². The van der Waals surface area contributed by atoms with Crippen LogP contribution in [0.25, 0.3) is 0 Å². The Morgan fingerprint density at radius 1 is 1.10 bits per heavy atom. The van der Waals surface area contributed by atoms with E-state index in [9.17, 15) is 4.79 Å². The van der Waals surface area contributed by atoms with E-state index >= 15 is 0 Å². The van der Waals surface area contributed by atoms with Crippen molar-refractivity contribution in [1.82, 2.24) is 5.32 Å². The van der Waals surface area contributed by atoms with E-state index in [1.165, 1.54) is 36.0 Å². The third-order valence-electron chi connectivity index (χ3n) is 6.70. The van der Waals surface area contributed by atoms with Crippen molar-refractivity contribution in [2.75, 3.05) is 19.7 Å². The number of hydrogen-bond donors (Lipinski definition) is 2. The van der Waals surface area contributed by atoms with Crippen LogP contribution >= 0.6 is 0 Å². The molecule has 0 radical (unpaired) electrons. The van der Waals surface area contributed by atoms with E-state index in [-0.39, 0.29) is 11.5 Å². The molecule has 2 aromatic rings. The van der Waals surface area contributed by atoms with Crippen molar-refractivity contribution < 1.29 is 14.6 Å². The molecule has 0 amide bonds. The van der Waals surface area contributed by atoms with E-state index in [1.54, 1.807) is 0 Å². The molecule has 5 rings (SSSR count). The van der Waals surface area contributed by atoms with Gasteiger partial charge in [-0.2, -0.15) is 0 Å². The largest absolute Gasteiger partial charge is 0.481 e. The second-order valence-electron chi connectivity index (χ2n) is 8.68. The number of benzene rings is 2. The molecule has 0 aromatic heterocycles. The highest BCUT2D eigenvalue weighted by molar-refractivity contribution is 5.77. The van der Waals surface area contributed by atoms with E-state index in [1.807, 2.05) is 24.3 Å². The standard InChI is InChI=1S/C15H21NO.C10H10O2/c1-12-2-4-13(5-3-12)14-10-15(17-11-14)6-8-16-9-7-15;11-10(12)9-6-5-7-3-1-2-4-8(7)9/h2-5,14,16H,6-11H2,1H3;1-4,9H,5-6H2,(H,11,12). The van der Waals surface area contributed by atoms with Crippen LogP contribution in [0.4, 0.5) is 0 Å². The van der Waals surface area contributed by atoms with Crippen molar-refractivity contribution in [3.63, 3.8) is 0 Å². The highest BCUT2D eigenvalue weighted by atomic mass is 16.5. The Balaban J connectivity index is 0.000000150. The van der Waals surface area contributed by atoms with Crippen LogP contribution < -0.4 is 5.32 Å². The van der Waals surface area contributed by atoms with Crippen LogP contribution in [-0.2, 0) is 16.0 Å². The van der Waals surface area contributed by atoms with Gasteiger partial charge in [0.25, 0.3) is 0 Å². The number of hydrogen-bond acceptors (Lipinski definition) is 3. The Bertz CT molecular complexity index is 839. The van der Waals surface area contributed by atoms with Crippen molar-refractivity contribution in [2.24, 2.45) is 0 Å². The summed E-state index contributed by atoms with van der Waals surface area (Å²) < 4.78 is 6.14. The predicted molar refractivity (Wildman–Crippen MR) is 114 cm³/mol. The smallest absolute Gasteiger partial charge is 0.310 e. The van der Waals surface area contributed by atoms with Gasteiger partial charge in [-0.25, -0.2) is 0 Å². The molecule has 3 aliphatic rings. The summed E-state index contributed by atoms with van der Waals surface area (Å²) in [7, 11) is 0. The molecular weight excluding hydrogens is 362 g/mol. The van der Waals surface area contributed by atoms with Gasteiger partial charge in [0.15, 0.2) is 0 Å². The minimum Gasteiger partial charge on any atom is -0.481 e. The molecule has 2 unspecified atom stereocenters. The Morgan fingerprint density at radius 3 is 2.55 bits per heavy atom. The highest BCUT2D eigenvalue weighted by Gasteiger charge is 2.41. The molecule has 2 atom stereocenters. The van der Waals surface area contributed by atoms with Crippen molar-refractivity contribution in [3.05, 3.63) is 70.8 Å². The number of rotatable bonds is 2. The van der Waals surface area contributed by atoms with Crippen LogP contribution in [0.3, 0.4) is 0 Å². The molecule has 1 spiro atoms. The summed E-state index contributed by atoms with van der Waals surface area (Å²) in [4.78, 5) is 10.8. The zero-order valence-corrected chi connectivity index (χ0v) is 17.2.